The Kier molecular flexibility index (Phi) is 3.55. The number of rotatable bonds is 3. The first-order chi connectivity index (χ1) is 8.60. The third-order valence-electron chi connectivity index (χ3n) is 3.06. The number of likely N-dealkylation sites (N-methyl/N-ethyl adjacent to an activating group) is 1. The molecule has 3 N–H and O–H groups in total. The van der Waals surface area contributed by atoms with Crippen molar-refractivity contribution in [2.75, 3.05) is 31.8 Å². The molecule has 0 aromatic carbocycles. The molecule has 0 radical (unpaired) electrons. The summed E-state index contributed by atoms with van der Waals surface area (Å²) in [5, 5.41) is 3.29. The van der Waals surface area contributed by atoms with Crippen LogP contribution in [-0.2, 0) is 4.79 Å². The number of nitrogens with one attached hydrogen (secondary N) is 1. The molecule has 2 rings (SSSR count). The third-order valence-corrected chi connectivity index (χ3v) is 3.06. The Labute approximate surface area is 106 Å². The second-order valence-corrected chi connectivity index (χ2v) is 4.45. The number of nitrogens with zero attached hydrogens (tertiary/aromatic N) is 2. The summed E-state index contributed by atoms with van der Waals surface area (Å²) in [5.41, 5.74) is 6.22. The van der Waals surface area contributed by atoms with Crippen LogP contribution in [0.5, 0.6) is 5.88 Å². The highest BCUT2D eigenvalue weighted by Crippen LogP contribution is 2.22. The van der Waals surface area contributed by atoms with Crippen LogP contribution in [0.25, 0.3) is 0 Å². The van der Waals surface area contributed by atoms with Crippen LogP contribution in [0, 0.1) is 0 Å². The zero-order valence-corrected chi connectivity index (χ0v) is 10.6. The number of methoxy groups -OCH3 is 1. The van der Waals surface area contributed by atoms with E-state index in [1.54, 1.807) is 11.0 Å². The van der Waals surface area contributed by atoms with E-state index >= 15 is 0 Å². The van der Waals surface area contributed by atoms with Crippen LogP contribution < -0.4 is 15.8 Å². The first kappa shape index (κ1) is 12.5. The quantitative estimate of drug-likeness (QED) is 0.825. The number of hydrogen-bond donors (Lipinski definition) is 2. The maximum absolute atomic E-state index is 11.4. The summed E-state index contributed by atoms with van der Waals surface area (Å²) in [4.78, 5) is 17.4. The zero-order chi connectivity index (χ0) is 13.1. The summed E-state index contributed by atoms with van der Waals surface area (Å²) in [6.07, 6.45) is 1.39. The average Bonchev–Trinajstić information content (AvgIpc) is 2.36. The number of pyridine rings is 1. The van der Waals surface area contributed by atoms with Gasteiger partial charge in [0.2, 0.25) is 11.8 Å². The Morgan fingerprint density at radius 3 is 3.00 bits per heavy atom. The fraction of sp³-hybridized carbons (Fsp3) is 0.500. The standard InChI is InChI=1S/C12H18N4O2/c1-16-7-8(3-6-11(16)17)14-10-5-4-9(13)12(15-10)18-2/h4-5,8H,3,6-7,13H2,1-2H3,(H,14,15). The zero-order valence-electron chi connectivity index (χ0n) is 10.6. The number of anilines is 2. The van der Waals surface area contributed by atoms with Crippen molar-refractivity contribution >= 4 is 17.4 Å². The maximum atomic E-state index is 11.4. The SMILES string of the molecule is COc1nc(NC2CCC(=O)N(C)C2)ccc1N. The van der Waals surface area contributed by atoms with Crippen molar-refractivity contribution in [1.82, 2.24) is 9.88 Å². The number of carbonyl (C=O) groups is 1. The Hall–Kier alpha value is -1.98. The van der Waals surface area contributed by atoms with Crippen molar-refractivity contribution < 1.29 is 9.53 Å². The summed E-state index contributed by atoms with van der Waals surface area (Å²) >= 11 is 0. The van der Waals surface area contributed by atoms with Gasteiger partial charge < -0.3 is 20.7 Å². The molecule has 98 valence electrons. The number of nitrogens with two attached hydrogens (primary N) is 1. The van der Waals surface area contributed by atoms with Crippen LogP contribution in [0.3, 0.4) is 0 Å². The van der Waals surface area contributed by atoms with Crippen molar-refractivity contribution in [3.05, 3.63) is 12.1 Å². The lowest BCUT2D eigenvalue weighted by Crippen LogP contribution is -2.43. The van der Waals surface area contributed by atoms with E-state index in [-0.39, 0.29) is 11.9 Å². The molecule has 6 nitrogen and oxygen atoms in total. The van der Waals surface area contributed by atoms with E-state index in [1.165, 1.54) is 7.11 Å². The predicted molar refractivity (Wildman–Crippen MR) is 69.5 cm³/mol. The second kappa shape index (κ2) is 5.12. The van der Waals surface area contributed by atoms with Gasteiger partial charge >= 0.3 is 0 Å². The van der Waals surface area contributed by atoms with Gasteiger partial charge in [-0.25, -0.2) is 0 Å². The highest BCUT2D eigenvalue weighted by molar-refractivity contribution is 5.77. The summed E-state index contributed by atoms with van der Waals surface area (Å²) in [5.74, 6) is 1.32. The number of amides is 1. The van der Waals surface area contributed by atoms with E-state index < -0.39 is 0 Å². The van der Waals surface area contributed by atoms with Crippen molar-refractivity contribution in [1.29, 1.82) is 0 Å². The Morgan fingerprint density at radius 2 is 2.33 bits per heavy atom. The predicted octanol–water partition coefficient (Wildman–Crippen LogP) is 0.705. The molecule has 0 aliphatic carbocycles. The van der Waals surface area contributed by atoms with Crippen LogP contribution in [0.1, 0.15) is 12.8 Å². The summed E-state index contributed by atoms with van der Waals surface area (Å²) in [6.45, 7) is 0.688. The van der Waals surface area contributed by atoms with E-state index in [2.05, 4.69) is 10.3 Å². The summed E-state index contributed by atoms with van der Waals surface area (Å²) in [7, 11) is 3.35. The normalized spacial score (nSPS) is 19.8. The highest BCUT2D eigenvalue weighted by Gasteiger charge is 2.22. The lowest BCUT2D eigenvalue weighted by atomic mass is 10.1. The molecule has 1 aromatic heterocycles. The molecule has 0 spiro atoms. The molecular weight excluding hydrogens is 232 g/mol. The maximum Gasteiger partial charge on any atom is 0.238 e. The molecule has 1 saturated heterocycles. The van der Waals surface area contributed by atoms with E-state index in [0.717, 1.165) is 6.42 Å². The van der Waals surface area contributed by atoms with Gasteiger partial charge in [-0.05, 0) is 18.6 Å². The van der Waals surface area contributed by atoms with E-state index in [1.807, 2.05) is 13.1 Å². The minimum absolute atomic E-state index is 0.191. The number of piperidine rings is 1. The van der Waals surface area contributed by atoms with Crippen LogP contribution in [0.4, 0.5) is 11.5 Å². The minimum Gasteiger partial charge on any atom is -0.479 e. The Bertz CT molecular complexity index is 450. The molecule has 2 heterocycles. The summed E-state index contributed by atoms with van der Waals surface area (Å²) < 4.78 is 5.07. The van der Waals surface area contributed by atoms with E-state index in [0.29, 0.717) is 30.4 Å². The molecule has 1 aliphatic heterocycles. The lowest BCUT2D eigenvalue weighted by Gasteiger charge is -2.30. The van der Waals surface area contributed by atoms with Crippen molar-refractivity contribution in [3.8, 4) is 5.88 Å². The van der Waals surface area contributed by atoms with Gasteiger partial charge in [-0.15, -0.1) is 0 Å². The van der Waals surface area contributed by atoms with E-state index in [4.69, 9.17) is 10.5 Å². The molecule has 1 fully saturated rings. The van der Waals surface area contributed by atoms with Crippen LogP contribution in [0.15, 0.2) is 12.1 Å². The first-order valence-electron chi connectivity index (χ1n) is 5.91. The smallest absolute Gasteiger partial charge is 0.238 e. The molecule has 1 unspecified atom stereocenters. The van der Waals surface area contributed by atoms with Gasteiger partial charge in [0.1, 0.15) is 5.82 Å². The number of ether oxygens (including phenoxy) is 1. The van der Waals surface area contributed by atoms with Gasteiger partial charge in [0, 0.05) is 26.1 Å². The molecule has 1 aromatic rings. The fourth-order valence-electron chi connectivity index (χ4n) is 2.03. The second-order valence-electron chi connectivity index (χ2n) is 4.45. The molecule has 18 heavy (non-hydrogen) atoms. The minimum atomic E-state index is 0.191. The van der Waals surface area contributed by atoms with Gasteiger partial charge in [0.25, 0.3) is 0 Å². The fourth-order valence-corrected chi connectivity index (χ4v) is 2.03. The van der Waals surface area contributed by atoms with Crippen LogP contribution in [0.2, 0.25) is 0 Å². The number of aromatic nitrogens is 1. The molecule has 0 saturated carbocycles. The first-order valence-corrected chi connectivity index (χ1v) is 5.91. The molecule has 1 aliphatic rings. The number of nitrogen functional groups attached to an aromatic ring is 1. The highest BCUT2D eigenvalue weighted by atomic mass is 16.5. The molecule has 0 bridgehead atoms. The third kappa shape index (κ3) is 2.64. The monoisotopic (exact) mass is 250 g/mol. The van der Waals surface area contributed by atoms with Gasteiger partial charge in [-0.1, -0.05) is 0 Å². The molecule has 1 amide bonds. The molecular formula is C12H18N4O2. The van der Waals surface area contributed by atoms with E-state index in [9.17, 15) is 4.79 Å². The number of likely N-dealkylation sites (tertiary alicyclic amines) is 1. The van der Waals surface area contributed by atoms with Crippen LogP contribution in [-0.4, -0.2) is 42.5 Å². The van der Waals surface area contributed by atoms with Crippen molar-refractivity contribution in [2.45, 2.75) is 18.9 Å². The van der Waals surface area contributed by atoms with Crippen molar-refractivity contribution in [2.24, 2.45) is 0 Å². The average molecular weight is 250 g/mol. The molecule has 6 heteroatoms. The van der Waals surface area contributed by atoms with Crippen LogP contribution >= 0.6 is 0 Å². The van der Waals surface area contributed by atoms with Gasteiger partial charge in [0.15, 0.2) is 0 Å². The Balaban J connectivity index is 2.03. The van der Waals surface area contributed by atoms with Gasteiger partial charge in [-0.3, -0.25) is 4.79 Å². The van der Waals surface area contributed by atoms with Gasteiger partial charge in [0.05, 0.1) is 12.8 Å². The number of carbonyl (C=O) groups excluding carboxylic acids is 1. The topological polar surface area (TPSA) is 80.5 Å². The lowest BCUT2D eigenvalue weighted by molar-refractivity contribution is -0.132. The largest absolute Gasteiger partial charge is 0.479 e. The Morgan fingerprint density at radius 1 is 1.56 bits per heavy atom. The van der Waals surface area contributed by atoms with Crippen molar-refractivity contribution in [3.63, 3.8) is 0 Å². The van der Waals surface area contributed by atoms with Gasteiger partial charge in [-0.2, -0.15) is 4.98 Å². The number of hydrogen-bond acceptors (Lipinski definition) is 5. The molecule has 1 atom stereocenters. The summed E-state index contributed by atoms with van der Waals surface area (Å²) in [6, 6.07) is 3.79.